The Labute approximate surface area is 63.3 Å². The maximum absolute atomic E-state index is 12.4. The molecule has 4 heteroatoms. The van der Waals surface area contributed by atoms with Crippen molar-refractivity contribution in [2.24, 2.45) is 0 Å². The van der Waals surface area contributed by atoms with Gasteiger partial charge in [-0.2, -0.15) is 8.78 Å². The standard InChI is InChI=1S/C7H8F2N2/c1-4(2)7-10-5(8)3-6(9)11-7/h3-4H,1-2H3. The van der Waals surface area contributed by atoms with Gasteiger partial charge in [-0.25, -0.2) is 9.97 Å². The van der Waals surface area contributed by atoms with Crippen LogP contribution in [0.1, 0.15) is 25.6 Å². The molecule has 0 aliphatic heterocycles. The maximum Gasteiger partial charge on any atom is 0.219 e. The highest BCUT2D eigenvalue weighted by molar-refractivity contribution is 4.96. The van der Waals surface area contributed by atoms with Gasteiger partial charge in [0.15, 0.2) is 0 Å². The zero-order valence-corrected chi connectivity index (χ0v) is 6.31. The number of nitrogens with zero attached hydrogens (tertiary/aromatic N) is 2. The van der Waals surface area contributed by atoms with Crippen molar-refractivity contribution in [3.63, 3.8) is 0 Å². The van der Waals surface area contributed by atoms with E-state index in [1.54, 1.807) is 13.8 Å². The fraction of sp³-hybridized carbons (Fsp3) is 0.429. The van der Waals surface area contributed by atoms with Crippen molar-refractivity contribution in [3.05, 3.63) is 23.8 Å². The fourth-order valence-electron chi connectivity index (χ4n) is 0.665. The van der Waals surface area contributed by atoms with Crippen molar-refractivity contribution in [3.8, 4) is 0 Å². The molecule has 1 aromatic heterocycles. The lowest BCUT2D eigenvalue weighted by Gasteiger charge is -2.01. The molecular weight excluding hydrogens is 150 g/mol. The van der Waals surface area contributed by atoms with Gasteiger partial charge < -0.3 is 0 Å². The molecular formula is C7H8F2N2. The first-order valence-electron chi connectivity index (χ1n) is 3.29. The van der Waals surface area contributed by atoms with Gasteiger partial charge in [0, 0.05) is 12.0 Å². The predicted molar refractivity (Wildman–Crippen MR) is 36.0 cm³/mol. The molecule has 0 unspecified atom stereocenters. The van der Waals surface area contributed by atoms with E-state index in [0.29, 0.717) is 6.07 Å². The monoisotopic (exact) mass is 158 g/mol. The van der Waals surface area contributed by atoms with Crippen LogP contribution in [0.25, 0.3) is 0 Å². The third kappa shape index (κ3) is 1.93. The molecule has 0 N–H and O–H groups in total. The van der Waals surface area contributed by atoms with Gasteiger partial charge in [-0.05, 0) is 0 Å². The molecule has 1 heterocycles. The number of hydrogen-bond acceptors (Lipinski definition) is 2. The topological polar surface area (TPSA) is 25.8 Å². The van der Waals surface area contributed by atoms with Crippen molar-refractivity contribution in [1.29, 1.82) is 0 Å². The van der Waals surface area contributed by atoms with E-state index >= 15 is 0 Å². The summed E-state index contributed by atoms with van der Waals surface area (Å²) in [5.41, 5.74) is 0. The summed E-state index contributed by atoms with van der Waals surface area (Å²) in [6.45, 7) is 3.54. The first kappa shape index (κ1) is 8.04. The number of halogens is 2. The molecule has 0 atom stereocenters. The zero-order valence-electron chi connectivity index (χ0n) is 6.31. The van der Waals surface area contributed by atoms with Crippen molar-refractivity contribution in [1.82, 2.24) is 9.97 Å². The summed E-state index contributed by atoms with van der Waals surface area (Å²) < 4.78 is 24.8. The Bertz CT molecular complexity index is 240. The summed E-state index contributed by atoms with van der Waals surface area (Å²) >= 11 is 0. The molecule has 0 aliphatic rings. The van der Waals surface area contributed by atoms with Crippen molar-refractivity contribution in [2.75, 3.05) is 0 Å². The van der Waals surface area contributed by atoms with Crippen LogP contribution < -0.4 is 0 Å². The average Bonchev–Trinajstić information content (AvgIpc) is 1.85. The first-order valence-corrected chi connectivity index (χ1v) is 3.29. The lowest BCUT2D eigenvalue weighted by atomic mass is 10.2. The van der Waals surface area contributed by atoms with E-state index in [1.807, 2.05) is 0 Å². The molecule has 0 aliphatic carbocycles. The number of rotatable bonds is 1. The van der Waals surface area contributed by atoms with Gasteiger partial charge in [0.05, 0.1) is 0 Å². The van der Waals surface area contributed by atoms with E-state index in [1.165, 1.54) is 0 Å². The number of hydrogen-bond donors (Lipinski definition) is 0. The van der Waals surface area contributed by atoms with Crippen molar-refractivity contribution >= 4 is 0 Å². The smallest absolute Gasteiger partial charge is 0.204 e. The quantitative estimate of drug-likeness (QED) is 0.583. The second-order valence-electron chi connectivity index (χ2n) is 2.53. The summed E-state index contributed by atoms with van der Waals surface area (Å²) in [4.78, 5) is 6.83. The van der Waals surface area contributed by atoms with E-state index in [4.69, 9.17) is 0 Å². The third-order valence-corrected chi connectivity index (χ3v) is 1.20. The molecule has 2 nitrogen and oxygen atoms in total. The largest absolute Gasteiger partial charge is 0.219 e. The van der Waals surface area contributed by atoms with Gasteiger partial charge in [0.2, 0.25) is 11.9 Å². The molecule has 1 rings (SSSR count). The highest BCUT2D eigenvalue weighted by Crippen LogP contribution is 2.08. The first-order chi connectivity index (χ1) is 5.09. The van der Waals surface area contributed by atoms with Crippen molar-refractivity contribution in [2.45, 2.75) is 19.8 Å². The maximum atomic E-state index is 12.4. The third-order valence-electron chi connectivity index (χ3n) is 1.20. The van der Waals surface area contributed by atoms with Crippen LogP contribution in [-0.2, 0) is 0 Å². The van der Waals surface area contributed by atoms with Crippen LogP contribution >= 0.6 is 0 Å². The Balaban J connectivity index is 3.08. The SMILES string of the molecule is CC(C)c1nc(F)cc(F)n1. The van der Waals surface area contributed by atoms with Crippen LogP contribution in [0.3, 0.4) is 0 Å². The summed E-state index contributed by atoms with van der Waals surface area (Å²) in [5, 5.41) is 0. The minimum Gasteiger partial charge on any atom is -0.204 e. The minimum atomic E-state index is -0.818. The molecule has 0 fully saturated rings. The lowest BCUT2D eigenvalue weighted by Crippen LogP contribution is -2.01. The van der Waals surface area contributed by atoms with E-state index < -0.39 is 11.9 Å². The highest BCUT2D eigenvalue weighted by Gasteiger charge is 2.06. The van der Waals surface area contributed by atoms with Gasteiger partial charge in [0.25, 0.3) is 0 Å². The second-order valence-corrected chi connectivity index (χ2v) is 2.53. The van der Waals surface area contributed by atoms with Crippen LogP contribution in [0.5, 0.6) is 0 Å². The molecule has 0 bridgehead atoms. The Morgan fingerprint density at radius 2 is 1.64 bits per heavy atom. The van der Waals surface area contributed by atoms with E-state index in [9.17, 15) is 8.78 Å². The van der Waals surface area contributed by atoms with Crippen LogP contribution in [0.15, 0.2) is 6.07 Å². The number of aromatic nitrogens is 2. The summed E-state index contributed by atoms with van der Waals surface area (Å²) in [6, 6.07) is 0.659. The molecule has 0 radical (unpaired) electrons. The van der Waals surface area contributed by atoms with Crippen LogP contribution in [0.2, 0.25) is 0 Å². The van der Waals surface area contributed by atoms with Crippen LogP contribution in [0.4, 0.5) is 8.78 Å². The predicted octanol–water partition coefficient (Wildman–Crippen LogP) is 1.88. The Hall–Kier alpha value is -1.06. The Kier molecular flexibility index (Phi) is 2.12. The normalized spacial score (nSPS) is 10.6. The molecule has 60 valence electrons. The molecule has 0 spiro atoms. The van der Waals surface area contributed by atoms with E-state index in [2.05, 4.69) is 9.97 Å². The van der Waals surface area contributed by atoms with Crippen molar-refractivity contribution < 1.29 is 8.78 Å². The summed E-state index contributed by atoms with van der Waals surface area (Å²) in [6.07, 6.45) is 0. The van der Waals surface area contributed by atoms with E-state index in [0.717, 1.165) is 0 Å². The highest BCUT2D eigenvalue weighted by atomic mass is 19.1. The van der Waals surface area contributed by atoms with E-state index in [-0.39, 0.29) is 11.7 Å². The average molecular weight is 158 g/mol. The molecule has 11 heavy (non-hydrogen) atoms. The van der Waals surface area contributed by atoms with Crippen LogP contribution in [0, 0.1) is 11.9 Å². The second kappa shape index (κ2) is 2.90. The molecule has 0 amide bonds. The zero-order chi connectivity index (χ0) is 8.43. The molecule has 0 saturated carbocycles. The van der Waals surface area contributed by atoms with Crippen LogP contribution in [-0.4, -0.2) is 9.97 Å². The lowest BCUT2D eigenvalue weighted by molar-refractivity contribution is 0.505. The van der Waals surface area contributed by atoms with Gasteiger partial charge in [-0.1, -0.05) is 13.8 Å². The Morgan fingerprint density at radius 1 is 1.18 bits per heavy atom. The Morgan fingerprint density at radius 3 is 2.00 bits per heavy atom. The van der Waals surface area contributed by atoms with Gasteiger partial charge in [-0.15, -0.1) is 0 Å². The van der Waals surface area contributed by atoms with Gasteiger partial charge in [0.1, 0.15) is 5.82 Å². The molecule has 0 saturated heterocycles. The van der Waals surface area contributed by atoms with Gasteiger partial charge in [-0.3, -0.25) is 0 Å². The minimum absolute atomic E-state index is 0.0554. The summed E-state index contributed by atoms with van der Waals surface area (Å²) in [7, 11) is 0. The van der Waals surface area contributed by atoms with Gasteiger partial charge >= 0.3 is 0 Å². The fourth-order valence-corrected chi connectivity index (χ4v) is 0.665. The summed E-state index contributed by atoms with van der Waals surface area (Å²) in [5.74, 6) is -1.50. The molecule has 1 aromatic rings. The molecule has 0 aromatic carbocycles.